The van der Waals surface area contributed by atoms with Crippen LogP contribution in [-0.4, -0.2) is 45.8 Å². The zero-order valence-electron chi connectivity index (χ0n) is 13.1. The fraction of sp³-hybridized carbons (Fsp3) is 0.353. The van der Waals surface area contributed by atoms with E-state index in [-0.39, 0.29) is 16.3 Å². The van der Waals surface area contributed by atoms with Gasteiger partial charge in [-0.1, -0.05) is 23.8 Å². The number of carbonyl (C=O) groups excluding carboxylic acids is 2. The Labute approximate surface area is 147 Å². The number of nitrogens with zero attached hydrogens (tertiary/aromatic N) is 1. The van der Waals surface area contributed by atoms with Crippen LogP contribution in [0.1, 0.15) is 17.3 Å². The first-order valence-corrected chi connectivity index (χ1v) is 8.04. The number of aliphatic hydroxyl groups excluding tert-OH is 1. The topological polar surface area (TPSA) is 104 Å². The maximum Gasteiger partial charge on any atom is 0.337 e. The first-order chi connectivity index (χ1) is 11.7. The van der Waals surface area contributed by atoms with E-state index in [4.69, 9.17) is 16.3 Å². The average Bonchev–Trinajstić information content (AvgIpc) is 3.14. The molecule has 0 radical (unpaired) electrons. The number of anilines is 1. The Morgan fingerprint density at radius 1 is 1.28 bits per heavy atom. The van der Waals surface area contributed by atoms with Crippen LogP contribution in [0, 0.1) is 11.8 Å². The van der Waals surface area contributed by atoms with Gasteiger partial charge < -0.3 is 14.9 Å². The van der Waals surface area contributed by atoms with Gasteiger partial charge in [0.05, 0.1) is 40.3 Å². The van der Waals surface area contributed by atoms with Gasteiger partial charge in [0.15, 0.2) is 0 Å². The molecule has 2 N–H and O–H groups in total. The van der Waals surface area contributed by atoms with Gasteiger partial charge in [-0.25, -0.2) is 9.69 Å². The summed E-state index contributed by atoms with van der Waals surface area (Å²) in [6.07, 6.45) is 3.33. The summed E-state index contributed by atoms with van der Waals surface area (Å²) in [5.74, 6) is -3.85. The summed E-state index contributed by atoms with van der Waals surface area (Å²) < 4.78 is 5.83. The fourth-order valence-corrected chi connectivity index (χ4v) is 4.31. The highest BCUT2D eigenvalue weighted by atomic mass is 35.5. The monoisotopic (exact) mass is 363 g/mol. The summed E-state index contributed by atoms with van der Waals surface area (Å²) >= 11 is 5.86. The van der Waals surface area contributed by atoms with E-state index in [2.05, 4.69) is 0 Å². The Bertz CT molecular complexity index is 867. The molecule has 2 fully saturated rings. The fourth-order valence-electron chi connectivity index (χ4n) is 4.11. The number of benzene rings is 1. The number of aliphatic hydroxyl groups is 1. The van der Waals surface area contributed by atoms with Crippen LogP contribution < -0.4 is 4.90 Å². The third-order valence-corrected chi connectivity index (χ3v) is 5.57. The van der Waals surface area contributed by atoms with Gasteiger partial charge in [0.2, 0.25) is 11.8 Å². The molecule has 2 bridgehead atoms. The summed E-state index contributed by atoms with van der Waals surface area (Å²) in [5, 5.41) is 19.0. The van der Waals surface area contributed by atoms with E-state index in [0.717, 1.165) is 4.90 Å². The average molecular weight is 364 g/mol. The lowest BCUT2D eigenvalue weighted by molar-refractivity contribution is -0.131. The lowest BCUT2D eigenvalue weighted by Crippen LogP contribution is -2.43. The molecule has 0 aliphatic carbocycles. The van der Waals surface area contributed by atoms with E-state index in [1.807, 2.05) is 0 Å². The number of aromatic carboxylic acids is 1. The van der Waals surface area contributed by atoms with Gasteiger partial charge in [0, 0.05) is 0 Å². The highest BCUT2D eigenvalue weighted by Crippen LogP contribution is 2.57. The Morgan fingerprint density at radius 2 is 1.96 bits per heavy atom. The van der Waals surface area contributed by atoms with Crippen molar-refractivity contribution in [1.29, 1.82) is 0 Å². The van der Waals surface area contributed by atoms with E-state index in [9.17, 15) is 24.6 Å². The van der Waals surface area contributed by atoms with Crippen LogP contribution in [0.25, 0.3) is 0 Å². The maximum atomic E-state index is 13.0. The number of fused-ring (bicyclic) bond motifs is 5. The second-order valence-electron chi connectivity index (χ2n) is 6.67. The summed E-state index contributed by atoms with van der Waals surface area (Å²) in [6, 6.07) is 3.96. The van der Waals surface area contributed by atoms with Gasteiger partial charge in [0.1, 0.15) is 5.60 Å². The first-order valence-electron chi connectivity index (χ1n) is 7.66. The van der Waals surface area contributed by atoms with E-state index < -0.39 is 47.4 Å². The van der Waals surface area contributed by atoms with Gasteiger partial charge in [-0.15, -0.1) is 0 Å². The second-order valence-corrected chi connectivity index (χ2v) is 7.08. The third-order valence-electron chi connectivity index (χ3n) is 5.24. The number of amides is 2. The van der Waals surface area contributed by atoms with E-state index in [1.54, 1.807) is 19.1 Å². The summed E-state index contributed by atoms with van der Waals surface area (Å²) in [7, 11) is 0. The molecule has 4 atom stereocenters. The van der Waals surface area contributed by atoms with Crippen molar-refractivity contribution in [2.45, 2.75) is 18.1 Å². The number of carboxylic acid groups (broad SMARTS) is 1. The molecule has 2 saturated heterocycles. The SMILES string of the molecule is C[C@@]12C=C[C@@](CO)(O1)[C@@H]1C(=O)N(c3ccc(Cl)c(C(=O)O)c3)C(=O)[C@H]12. The molecule has 3 heterocycles. The van der Waals surface area contributed by atoms with Gasteiger partial charge in [-0.05, 0) is 25.1 Å². The molecule has 25 heavy (non-hydrogen) atoms. The van der Waals surface area contributed by atoms with E-state index in [0.29, 0.717) is 0 Å². The largest absolute Gasteiger partial charge is 0.478 e. The Kier molecular flexibility index (Phi) is 3.19. The Morgan fingerprint density at radius 3 is 2.60 bits per heavy atom. The minimum absolute atomic E-state index is 0.0133. The van der Waals surface area contributed by atoms with Crippen molar-refractivity contribution >= 4 is 35.1 Å². The Balaban J connectivity index is 1.81. The minimum atomic E-state index is -1.25. The van der Waals surface area contributed by atoms with Gasteiger partial charge in [0.25, 0.3) is 0 Å². The van der Waals surface area contributed by atoms with Crippen molar-refractivity contribution in [3.63, 3.8) is 0 Å². The lowest BCUT2D eigenvalue weighted by atomic mass is 9.73. The molecular weight excluding hydrogens is 350 g/mol. The molecule has 4 rings (SSSR count). The van der Waals surface area contributed by atoms with Crippen LogP contribution in [0.5, 0.6) is 0 Å². The van der Waals surface area contributed by atoms with Crippen LogP contribution in [0.2, 0.25) is 5.02 Å². The number of ether oxygens (including phenoxy) is 1. The molecule has 0 spiro atoms. The molecule has 2 amide bonds. The zero-order valence-corrected chi connectivity index (χ0v) is 13.9. The molecule has 0 saturated carbocycles. The predicted octanol–water partition coefficient (Wildman–Crippen LogP) is 1.23. The van der Waals surface area contributed by atoms with Crippen molar-refractivity contribution in [3.8, 4) is 0 Å². The molecular formula is C17H14ClNO6. The number of rotatable bonds is 3. The van der Waals surface area contributed by atoms with Crippen molar-refractivity contribution in [1.82, 2.24) is 0 Å². The highest BCUT2D eigenvalue weighted by Gasteiger charge is 2.72. The van der Waals surface area contributed by atoms with Crippen LogP contribution in [-0.2, 0) is 14.3 Å². The molecule has 1 aromatic rings. The van der Waals surface area contributed by atoms with Crippen molar-refractivity contribution < 1.29 is 29.3 Å². The van der Waals surface area contributed by atoms with Crippen molar-refractivity contribution in [2.75, 3.05) is 11.5 Å². The molecule has 1 aromatic carbocycles. The quantitative estimate of drug-likeness (QED) is 0.618. The molecule has 7 nitrogen and oxygen atoms in total. The summed E-state index contributed by atoms with van der Waals surface area (Å²) in [5.41, 5.74) is -2.25. The van der Waals surface area contributed by atoms with Crippen LogP contribution in [0.15, 0.2) is 30.4 Å². The third kappa shape index (κ3) is 1.91. The molecule has 8 heteroatoms. The Hall–Kier alpha value is -2.22. The standard InChI is InChI=1S/C17H14ClNO6/c1-16-4-5-17(7-20,25-16)12-11(16)13(21)19(14(12)22)8-2-3-10(18)9(6-8)15(23)24/h2-6,11-12,20H,7H2,1H3,(H,23,24)/t11-,12-,16-,17-/m0/s1. The van der Waals surface area contributed by atoms with Gasteiger partial charge >= 0.3 is 5.97 Å². The number of hydrogen-bond acceptors (Lipinski definition) is 5. The number of halogens is 1. The first kappa shape index (κ1) is 16.3. The minimum Gasteiger partial charge on any atom is -0.478 e. The number of hydrogen-bond donors (Lipinski definition) is 2. The highest BCUT2D eigenvalue weighted by molar-refractivity contribution is 6.34. The van der Waals surface area contributed by atoms with E-state index in [1.165, 1.54) is 18.2 Å². The lowest BCUT2D eigenvalue weighted by Gasteiger charge is -2.27. The summed E-state index contributed by atoms with van der Waals surface area (Å²) in [4.78, 5) is 38.1. The smallest absolute Gasteiger partial charge is 0.337 e. The predicted molar refractivity (Wildman–Crippen MR) is 86.3 cm³/mol. The number of imide groups is 1. The molecule has 0 unspecified atom stereocenters. The normalized spacial score (nSPS) is 35.6. The van der Waals surface area contributed by atoms with Crippen LogP contribution in [0.4, 0.5) is 5.69 Å². The van der Waals surface area contributed by atoms with Crippen LogP contribution in [0.3, 0.4) is 0 Å². The van der Waals surface area contributed by atoms with Crippen molar-refractivity contribution in [2.24, 2.45) is 11.8 Å². The maximum absolute atomic E-state index is 13.0. The second kappa shape index (κ2) is 4.91. The number of carbonyl (C=O) groups is 3. The molecule has 3 aliphatic heterocycles. The molecule has 3 aliphatic rings. The number of carboxylic acids is 1. The summed E-state index contributed by atoms with van der Waals surface area (Å²) in [6.45, 7) is 1.28. The van der Waals surface area contributed by atoms with Gasteiger partial charge in [-0.2, -0.15) is 0 Å². The van der Waals surface area contributed by atoms with Gasteiger partial charge in [-0.3, -0.25) is 9.59 Å². The molecule has 130 valence electrons. The molecule has 0 aromatic heterocycles. The van der Waals surface area contributed by atoms with Crippen LogP contribution >= 0.6 is 11.6 Å². The van der Waals surface area contributed by atoms with E-state index >= 15 is 0 Å². The van der Waals surface area contributed by atoms with Crippen molar-refractivity contribution in [3.05, 3.63) is 40.9 Å². The zero-order chi connectivity index (χ0) is 18.1.